The van der Waals surface area contributed by atoms with E-state index in [0.717, 1.165) is 18.4 Å². The zero-order chi connectivity index (χ0) is 17.9. The largest absolute Gasteiger partial charge is 0.508 e. The molecule has 0 saturated heterocycles. The van der Waals surface area contributed by atoms with Crippen LogP contribution in [-0.4, -0.2) is 39.7 Å². The van der Waals surface area contributed by atoms with E-state index in [2.05, 4.69) is 19.6 Å². The summed E-state index contributed by atoms with van der Waals surface area (Å²) in [6.07, 6.45) is 5.93. The fourth-order valence-electron chi connectivity index (χ4n) is 2.58. The van der Waals surface area contributed by atoms with Crippen LogP contribution >= 0.6 is 0 Å². The van der Waals surface area contributed by atoms with E-state index < -0.39 is 6.10 Å². The Morgan fingerprint density at radius 2 is 1.83 bits per heavy atom. The first kappa shape index (κ1) is 20.2. The Morgan fingerprint density at radius 1 is 1.17 bits per heavy atom. The van der Waals surface area contributed by atoms with E-state index in [1.54, 1.807) is 12.1 Å². The molecule has 1 atom stereocenters. The van der Waals surface area contributed by atoms with Crippen molar-refractivity contribution in [2.75, 3.05) is 13.2 Å². The van der Waals surface area contributed by atoms with Crippen molar-refractivity contribution in [1.82, 2.24) is 0 Å². The number of phenols is 1. The summed E-state index contributed by atoms with van der Waals surface area (Å²) < 4.78 is 0. The van der Waals surface area contributed by atoms with Gasteiger partial charge in [-0.25, -0.2) is 0 Å². The monoisotopic (exact) mass is 332 g/mol. The molecule has 0 amide bonds. The van der Waals surface area contributed by atoms with Crippen molar-refractivity contribution in [2.45, 2.75) is 38.7 Å². The second-order valence-corrected chi connectivity index (χ2v) is 5.80. The number of benzene rings is 1. The number of aromatic hydroxyl groups is 1. The molecule has 0 saturated carbocycles. The van der Waals surface area contributed by atoms with Crippen molar-refractivity contribution >= 4 is 6.08 Å². The molecule has 4 N–H and O–H groups in total. The lowest BCUT2D eigenvalue weighted by Crippen LogP contribution is -2.14. The molecule has 4 nitrogen and oxygen atoms in total. The molecule has 0 bridgehead atoms. The zero-order valence-electron chi connectivity index (χ0n) is 14.3. The van der Waals surface area contributed by atoms with E-state index in [-0.39, 0.29) is 19.0 Å². The number of rotatable bonds is 10. The highest BCUT2D eigenvalue weighted by molar-refractivity contribution is 5.53. The third-order valence-corrected chi connectivity index (χ3v) is 3.84. The maximum absolute atomic E-state index is 10.3. The van der Waals surface area contributed by atoms with Crippen LogP contribution in [0.5, 0.6) is 5.75 Å². The number of allylic oxidation sites excluding steroid dienone is 1. The molecule has 0 radical (unpaired) electrons. The predicted molar refractivity (Wildman–Crippen MR) is 97.6 cm³/mol. The highest BCUT2D eigenvalue weighted by atomic mass is 16.3. The summed E-state index contributed by atoms with van der Waals surface area (Å²) in [7, 11) is 0. The minimum atomic E-state index is -0.767. The molecule has 1 aromatic carbocycles. The Labute approximate surface area is 144 Å². The molecule has 1 rings (SSSR count). The molecule has 0 aliphatic carbocycles. The highest BCUT2D eigenvalue weighted by Gasteiger charge is 2.14. The van der Waals surface area contributed by atoms with Crippen LogP contribution in [0, 0.1) is 0 Å². The third-order valence-electron chi connectivity index (χ3n) is 3.84. The summed E-state index contributed by atoms with van der Waals surface area (Å²) in [5.74, 6) is 0.237. The summed E-state index contributed by atoms with van der Waals surface area (Å²) in [6, 6.07) is 7.01. The first-order chi connectivity index (χ1) is 11.5. The number of aliphatic hydroxyl groups is 3. The van der Waals surface area contributed by atoms with E-state index in [0.29, 0.717) is 24.0 Å². The van der Waals surface area contributed by atoms with Gasteiger partial charge >= 0.3 is 0 Å². The molecule has 0 aliphatic heterocycles. The Morgan fingerprint density at radius 3 is 2.38 bits per heavy atom. The maximum Gasteiger partial charge on any atom is 0.115 e. The van der Waals surface area contributed by atoms with Crippen LogP contribution in [0.2, 0.25) is 0 Å². The van der Waals surface area contributed by atoms with E-state index in [4.69, 9.17) is 5.11 Å². The Balaban J connectivity index is 2.79. The van der Waals surface area contributed by atoms with E-state index in [9.17, 15) is 15.3 Å². The molecule has 0 aliphatic rings. The second-order valence-electron chi connectivity index (χ2n) is 5.80. The number of phenolic OH excluding ortho intramolecular Hbond substituents is 1. The molecule has 0 heterocycles. The van der Waals surface area contributed by atoms with Crippen LogP contribution < -0.4 is 0 Å². The van der Waals surface area contributed by atoms with Gasteiger partial charge in [-0.1, -0.05) is 49.8 Å². The van der Waals surface area contributed by atoms with Gasteiger partial charge in [-0.15, -0.1) is 0 Å². The van der Waals surface area contributed by atoms with Crippen LogP contribution in [0.25, 0.3) is 6.08 Å². The van der Waals surface area contributed by atoms with E-state index in [1.807, 2.05) is 12.1 Å². The number of hydrogen-bond donors (Lipinski definition) is 4. The standard InChI is InChI=1S/C20H28O4/c1-3-4-16(13-17-5-8-18(23)9-6-17)7-10-20(24)19(11-12-21)15(2)14-22/h5-6,8-9,11,13,20-24H,2-4,7,10,12,14H2,1H3/b16-13+,19-11-. The number of aliphatic hydroxyl groups excluding tert-OH is 3. The SMILES string of the molecule is C=C(CO)/C(=C/CO)C(O)CC/C(=C/c1ccc(O)cc1)CCC. The normalized spacial score (nSPS) is 13.8. The van der Waals surface area contributed by atoms with Gasteiger partial charge in [0, 0.05) is 0 Å². The molecule has 0 fully saturated rings. The lowest BCUT2D eigenvalue weighted by atomic mass is 9.94. The summed E-state index contributed by atoms with van der Waals surface area (Å²) in [4.78, 5) is 0. The van der Waals surface area contributed by atoms with Crippen molar-refractivity contribution in [3.63, 3.8) is 0 Å². The van der Waals surface area contributed by atoms with Crippen LogP contribution in [0.4, 0.5) is 0 Å². The Bertz CT molecular complexity index is 570. The molecule has 132 valence electrons. The Hall–Kier alpha value is -1.88. The summed E-state index contributed by atoms with van der Waals surface area (Å²) in [5.41, 5.74) is 3.15. The van der Waals surface area contributed by atoms with Gasteiger partial charge in [-0.2, -0.15) is 0 Å². The summed E-state index contributed by atoms with van der Waals surface area (Å²) in [5, 5.41) is 38.0. The lowest BCUT2D eigenvalue weighted by Gasteiger charge is -2.17. The topological polar surface area (TPSA) is 80.9 Å². The average Bonchev–Trinajstić information content (AvgIpc) is 2.58. The van der Waals surface area contributed by atoms with Gasteiger partial charge in [-0.3, -0.25) is 0 Å². The third kappa shape index (κ3) is 6.71. The van der Waals surface area contributed by atoms with Gasteiger partial charge in [0.15, 0.2) is 0 Å². The Kier molecular flexibility index (Phi) is 9.08. The van der Waals surface area contributed by atoms with Gasteiger partial charge in [0.25, 0.3) is 0 Å². The minimum absolute atomic E-state index is 0.198. The van der Waals surface area contributed by atoms with Gasteiger partial charge in [0.05, 0.1) is 19.3 Å². The zero-order valence-corrected chi connectivity index (χ0v) is 14.3. The first-order valence-electron chi connectivity index (χ1n) is 8.28. The maximum atomic E-state index is 10.3. The van der Waals surface area contributed by atoms with E-state index >= 15 is 0 Å². The van der Waals surface area contributed by atoms with Crippen molar-refractivity contribution in [3.05, 3.63) is 59.2 Å². The molecule has 0 spiro atoms. The highest BCUT2D eigenvalue weighted by Crippen LogP contribution is 2.23. The van der Waals surface area contributed by atoms with Crippen molar-refractivity contribution in [2.24, 2.45) is 0 Å². The van der Waals surface area contributed by atoms with Gasteiger partial charge in [0.1, 0.15) is 5.75 Å². The molecule has 4 heteroatoms. The molecule has 1 unspecified atom stereocenters. The molecule has 0 aromatic heterocycles. The fraction of sp³-hybridized carbons (Fsp3) is 0.400. The van der Waals surface area contributed by atoms with Crippen molar-refractivity contribution in [1.29, 1.82) is 0 Å². The van der Waals surface area contributed by atoms with Crippen LogP contribution in [0.1, 0.15) is 38.2 Å². The molecular formula is C20H28O4. The average molecular weight is 332 g/mol. The summed E-state index contributed by atoms with van der Waals surface area (Å²) >= 11 is 0. The lowest BCUT2D eigenvalue weighted by molar-refractivity contribution is 0.197. The fourth-order valence-corrected chi connectivity index (χ4v) is 2.58. The predicted octanol–water partition coefficient (Wildman–Crippen LogP) is 3.18. The van der Waals surface area contributed by atoms with Crippen molar-refractivity contribution in [3.8, 4) is 5.75 Å². The first-order valence-corrected chi connectivity index (χ1v) is 8.28. The van der Waals surface area contributed by atoms with Gasteiger partial charge < -0.3 is 20.4 Å². The molecule has 24 heavy (non-hydrogen) atoms. The number of hydrogen-bond acceptors (Lipinski definition) is 4. The minimum Gasteiger partial charge on any atom is -0.508 e. The van der Waals surface area contributed by atoms with Crippen molar-refractivity contribution < 1.29 is 20.4 Å². The molecular weight excluding hydrogens is 304 g/mol. The van der Waals surface area contributed by atoms with Gasteiger partial charge in [0.2, 0.25) is 0 Å². The van der Waals surface area contributed by atoms with Gasteiger partial charge in [-0.05, 0) is 48.1 Å². The second kappa shape index (κ2) is 10.8. The van der Waals surface area contributed by atoms with Crippen LogP contribution in [0.15, 0.2) is 53.6 Å². The van der Waals surface area contributed by atoms with Crippen LogP contribution in [-0.2, 0) is 0 Å². The summed E-state index contributed by atoms with van der Waals surface area (Å²) in [6.45, 7) is 5.39. The van der Waals surface area contributed by atoms with Crippen LogP contribution in [0.3, 0.4) is 0 Å². The smallest absolute Gasteiger partial charge is 0.115 e. The molecule has 1 aromatic rings. The quantitative estimate of drug-likeness (QED) is 0.496. The van der Waals surface area contributed by atoms with E-state index in [1.165, 1.54) is 11.6 Å².